The lowest BCUT2D eigenvalue weighted by Crippen LogP contribution is -2.30. The minimum atomic E-state index is 0.136. The number of rotatable bonds is 8. The van der Waals surface area contributed by atoms with Gasteiger partial charge in [0, 0.05) is 24.2 Å². The smallest absolute Gasteiger partial charge is 0.119 e. The van der Waals surface area contributed by atoms with Crippen molar-refractivity contribution in [1.29, 1.82) is 0 Å². The summed E-state index contributed by atoms with van der Waals surface area (Å²) in [5.41, 5.74) is 7.53. The van der Waals surface area contributed by atoms with E-state index in [9.17, 15) is 0 Å². The fourth-order valence-electron chi connectivity index (χ4n) is 5.56. The molecule has 0 amide bonds. The maximum absolute atomic E-state index is 5.65. The van der Waals surface area contributed by atoms with Gasteiger partial charge in [0.15, 0.2) is 0 Å². The van der Waals surface area contributed by atoms with Crippen LogP contribution in [-0.2, 0) is 5.41 Å². The number of hydrogen-bond donors (Lipinski definition) is 0. The fraction of sp³-hybridized carbons (Fsp3) is 0.556. The Kier molecular flexibility index (Phi) is 6.18. The van der Waals surface area contributed by atoms with Crippen LogP contribution in [0.2, 0.25) is 0 Å². The number of unbranched alkanes of at least 4 members (excludes halogenated alkanes) is 2. The number of anilines is 1. The van der Waals surface area contributed by atoms with E-state index in [4.69, 9.17) is 4.74 Å². The van der Waals surface area contributed by atoms with Crippen molar-refractivity contribution in [3.8, 4) is 16.9 Å². The topological polar surface area (TPSA) is 12.5 Å². The molecular weight excluding hydrogens is 354 g/mol. The van der Waals surface area contributed by atoms with Crippen molar-refractivity contribution < 1.29 is 4.74 Å². The van der Waals surface area contributed by atoms with E-state index < -0.39 is 0 Å². The van der Waals surface area contributed by atoms with Gasteiger partial charge in [0.1, 0.15) is 5.75 Å². The van der Waals surface area contributed by atoms with Gasteiger partial charge in [-0.3, -0.25) is 0 Å². The molecule has 2 aliphatic rings. The predicted octanol–water partition coefficient (Wildman–Crippen LogP) is 7.33. The molecule has 1 fully saturated rings. The zero-order chi connectivity index (χ0) is 20.3. The first-order valence-electron chi connectivity index (χ1n) is 11.8. The molecule has 2 heteroatoms. The molecule has 0 atom stereocenters. The number of nitrogens with zero attached hydrogens (tertiary/aromatic N) is 1. The van der Waals surface area contributed by atoms with E-state index in [1.165, 1.54) is 93.3 Å². The van der Waals surface area contributed by atoms with Gasteiger partial charge in [-0.05, 0) is 78.6 Å². The van der Waals surface area contributed by atoms with Crippen molar-refractivity contribution in [3.05, 3.63) is 47.5 Å². The van der Waals surface area contributed by atoms with E-state index in [2.05, 4.69) is 55.1 Å². The van der Waals surface area contributed by atoms with Crippen LogP contribution < -0.4 is 9.64 Å². The molecular formula is C27H37NO. The largest absolute Gasteiger partial charge is 0.497 e. The van der Waals surface area contributed by atoms with E-state index in [0.29, 0.717) is 0 Å². The number of ether oxygens (including phenoxy) is 1. The van der Waals surface area contributed by atoms with Crippen LogP contribution in [0.25, 0.3) is 11.1 Å². The van der Waals surface area contributed by atoms with Crippen LogP contribution in [0.15, 0.2) is 36.4 Å². The number of fused-ring (bicyclic) bond motifs is 3. The third kappa shape index (κ3) is 3.67. The Labute approximate surface area is 177 Å². The summed E-state index contributed by atoms with van der Waals surface area (Å²) in [6.45, 7) is 7.05. The van der Waals surface area contributed by atoms with Crippen molar-refractivity contribution in [3.63, 3.8) is 0 Å². The minimum absolute atomic E-state index is 0.136. The molecule has 1 aliphatic heterocycles. The molecule has 2 aromatic rings. The van der Waals surface area contributed by atoms with Gasteiger partial charge in [-0.25, -0.2) is 0 Å². The summed E-state index contributed by atoms with van der Waals surface area (Å²) in [4.78, 5) is 2.61. The molecule has 0 N–H and O–H groups in total. The van der Waals surface area contributed by atoms with E-state index in [0.717, 1.165) is 5.75 Å². The molecule has 0 radical (unpaired) electrons. The highest BCUT2D eigenvalue weighted by Gasteiger charge is 2.42. The molecule has 2 nitrogen and oxygen atoms in total. The molecule has 1 heterocycles. The van der Waals surface area contributed by atoms with E-state index in [-0.39, 0.29) is 5.41 Å². The first-order valence-corrected chi connectivity index (χ1v) is 11.8. The van der Waals surface area contributed by atoms with Crippen molar-refractivity contribution in [1.82, 2.24) is 0 Å². The van der Waals surface area contributed by atoms with Crippen molar-refractivity contribution in [2.75, 3.05) is 25.1 Å². The highest BCUT2D eigenvalue weighted by atomic mass is 16.5. The van der Waals surface area contributed by atoms with Crippen molar-refractivity contribution in [2.45, 2.75) is 77.0 Å². The van der Waals surface area contributed by atoms with Gasteiger partial charge >= 0.3 is 0 Å². The zero-order valence-corrected chi connectivity index (χ0v) is 18.6. The fourth-order valence-corrected chi connectivity index (χ4v) is 5.56. The van der Waals surface area contributed by atoms with Crippen LogP contribution in [0.5, 0.6) is 5.75 Å². The summed E-state index contributed by atoms with van der Waals surface area (Å²) >= 11 is 0. The molecule has 0 spiro atoms. The molecule has 156 valence electrons. The van der Waals surface area contributed by atoms with Crippen molar-refractivity contribution in [2.24, 2.45) is 0 Å². The van der Waals surface area contributed by atoms with Gasteiger partial charge in [-0.2, -0.15) is 0 Å². The number of benzene rings is 2. The van der Waals surface area contributed by atoms with Crippen LogP contribution in [0.4, 0.5) is 5.69 Å². The Morgan fingerprint density at radius 3 is 2.07 bits per heavy atom. The zero-order valence-electron chi connectivity index (χ0n) is 18.6. The summed E-state index contributed by atoms with van der Waals surface area (Å²) in [7, 11) is 1.79. The molecule has 1 aliphatic carbocycles. The predicted molar refractivity (Wildman–Crippen MR) is 124 cm³/mol. The average molecular weight is 392 g/mol. The van der Waals surface area contributed by atoms with E-state index in [1.54, 1.807) is 12.7 Å². The lowest BCUT2D eigenvalue weighted by atomic mass is 9.70. The summed E-state index contributed by atoms with van der Waals surface area (Å²) < 4.78 is 5.65. The maximum Gasteiger partial charge on any atom is 0.119 e. The van der Waals surface area contributed by atoms with Crippen LogP contribution in [0.3, 0.4) is 0 Å². The summed E-state index contributed by atoms with van der Waals surface area (Å²) in [5.74, 6) is 0.991. The standard InChI is InChI=1S/C27H37NO/c1-4-6-15-27(16-7-5-2)25-19-21(28-17-9-8-10-18-28)11-13-23(25)24-14-12-22(29-3)20-26(24)27/h11-14,19-20H,4-10,15-18H2,1-3H3. The number of hydrogen-bond acceptors (Lipinski definition) is 2. The van der Waals surface area contributed by atoms with E-state index in [1.807, 2.05) is 0 Å². The number of piperidine rings is 1. The molecule has 0 saturated carbocycles. The normalized spacial score (nSPS) is 17.1. The summed E-state index contributed by atoms with van der Waals surface area (Å²) in [5, 5.41) is 0. The highest BCUT2D eigenvalue weighted by molar-refractivity contribution is 5.83. The van der Waals surface area contributed by atoms with E-state index >= 15 is 0 Å². The molecule has 0 unspecified atom stereocenters. The van der Waals surface area contributed by atoms with Gasteiger partial charge in [0.2, 0.25) is 0 Å². The Morgan fingerprint density at radius 2 is 1.45 bits per heavy atom. The highest BCUT2D eigenvalue weighted by Crippen LogP contribution is 2.55. The van der Waals surface area contributed by atoms with Crippen LogP contribution >= 0.6 is 0 Å². The van der Waals surface area contributed by atoms with Gasteiger partial charge < -0.3 is 9.64 Å². The molecule has 4 rings (SSSR count). The lowest BCUT2D eigenvalue weighted by Gasteiger charge is -2.34. The molecule has 1 saturated heterocycles. The van der Waals surface area contributed by atoms with Gasteiger partial charge in [-0.1, -0.05) is 51.7 Å². The maximum atomic E-state index is 5.65. The Morgan fingerprint density at radius 1 is 0.828 bits per heavy atom. The summed E-state index contributed by atoms with van der Waals surface area (Å²) in [6.07, 6.45) is 11.5. The lowest BCUT2D eigenvalue weighted by molar-refractivity contribution is 0.400. The second kappa shape index (κ2) is 8.81. The molecule has 2 aromatic carbocycles. The second-order valence-electron chi connectivity index (χ2n) is 8.98. The minimum Gasteiger partial charge on any atom is -0.497 e. The van der Waals surface area contributed by atoms with Crippen LogP contribution in [0.1, 0.15) is 82.8 Å². The third-order valence-corrected chi connectivity index (χ3v) is 7.19. The first-order chi connectivity index (χ1) is 14.2. The van der Waals surface area contributed by atoms with Crippen LogP contribution in [0, 0.1) is 0 Å². The SMILES string of the molecule is CCCCC1(CCCC)c2cc(OC)ccc2-c2ccc(N3CCCCC3)cc21. The monoisotopic (exact) mass is 391 g/mol. The number of methoxy groups -OCH3 is 1. The van der Waals surface area contributed by atoms with Crippen molar-refractivity contribution >= 4 is 5.69 Å². The third-order valence-electron chi connectivity index (χ3n) is 7.19. The van der Waals surface area contributed by atoms with Gasteiger partial charge in [0.05, 0.1) is 7.11 Å². The Balaban J connectivity index is 1.85. The molecule has 0 bridgehead atoms. The van der Waals surface area contributed by atoms with Gasteiger partial charge in [-0.15, -0.1) is 0 Å². The van der Waals surface area contributed by atoms with Gasteiger partial charge in [0.25, 0.3) is 0 Å². The first kappa shape index (κ1) is 20.3. The van der Waals surface area contributed by atoms with Crippen LogP contribution in [-0.4, -0.2) is 20.2 Å². The Hall–Kier alpha value is -1.96. The quantitative estimate of drug-likeness (QED) is 0.467. The molecule has 29 heavy (non-hydrogen) atoms. The second-order valence-corrected chi connectivity index (χ2v) is 8.98. The molecule has 0 aromatic heterocycles. The average Bonchev–Trinajstić information content (AvgIpc) is 3.05. The summed E-state index contributed by atoms with van der Waals surface area (Å²) in [6, 6.07) is 14.1. The Bertz CT molecular complexity index is 826.